The third-order valence-electron chi connectivity index (χ3n) is 4.45. The van der Waals surface area contributed by atoms with Crippen LogP contribution in [-0.4, -0.2) is 44.7 Å². The number of methoxy groups -OCH3 is 1. The van der Waals surface area contributed by atoms with Crippen LogP contribution in [0.5, 0.6) is 5.75 Å². The first kappa shape index (κ1) is 23.3. The Labute approximate surface area is 179 Å². The minimum Gasteiger partial charge on any atom is -0.496 e. The number of benzene rings is 1. The monoisotopic (exact) mass is 486 g/mol. The van der Waals surface area contributed by atoms with Gasteiger partial charge in [0.1, 0.15) is 11.5 Å². The maximum absolute atomic E-state index is 5.65. The predicted octanol–water partition coefficient (Wildman–Crippen LogP) is 3.65. The second kappa shape index (κ2) is 12.6. The normalized spacial score (nSPS) is 12.4. The highest BCUT2D eigenvalue weighted by molar-refractivity contribution is 14.0. The third-order valence-corrected chi connectivity index (χ3v) is 4.45. The number of likely N-dealkylation sites (N-methyl/N-ethyl adjacent to an activating group) is 1. The summed E-state index contributed by atoms with van der Waals surface area (Å²) in [5, 5.41) is 6.76. The van der Waals surface area contributed by atoms with E-state index < -0.39 is 0 Å². The third kappa shape index (κ3) is 6.73. The van der Waals surface area contributed by atoms with Crippen molar-refractivity contribution in [3.05, 3.63) is 54.0 Å². The van der Waals surface area contributed by atoms with E-state index in [9.17, 15) is 0 Å². The zero-order valence-electron chi connectivity index (χ0n) is 16.6. The molecule has 1 unspecified atom stereocenters. The summed E-state index contributed by atoms with van der Waals surface area (Å²) in [5.74, 6) is 2.58. The van der Waals surface area contributed by atoms with Crippen LogP contribution in [0, 0.1) is 0 Å². The molecule has 6 nitrogen and oxygen atoms in total. The van der Waals surface area contributed by atoms with Gasteiger partial charge in [-0.25, -0.2) is 0 Å². The molecule has 27 heavy (non-hydrogen) atoms. The average Bonchev–Trinajstić information content (AvgIpc) is 3.22. The lowest BCUT2D eigenvalue weighted by atomic mass is 10.2. The van der Waals surface area contributed by atoms with Crippen molar-refractivity contribution in [3.63, 3.8) is 0 Å². The Bertz CT molecular complexity index is 672. The SMILES string of the molecule is CCN(CC)C(CNC(=NC)NCc1ccccc1OC)c1ccco1.I. The van der Waals surface area contributed by atoms with Gasteiger partial charge in [-0.05, 0) is 31.3 Å². The van der Waals surface area contributed by atoms with Crippen molar-refractivity contribution in [2.45, 2.75) is 26.4 Å². The molecule has 2 N–H and O–H groups in total. The molecule has 0 radical (unpaired) electrons. The van der Waals surface area contributed by atoms with Crippen molar-refractivity contribution in [1.82, 2.24) is 15.5 Å². The van der Waals surface area contributed by atoms with E-state index in [1.54, 1.807) is 20.4 Å². The van der Waals surface area contributed by atoms with Gasteiger partial charge in [0, 0.05) is 25.7 Å². The molecule has 0 fully saturated rings. The smallest absolute Gasteiger partial charge is 0.191 e. The standard InChI is InChI=1S/C20H30N4O2.HI/c1-5-24(6-2)17(19-12-9-13-26-19)15-23-20(21-3)22-14-16-10-7-8-11-18(16)25-4;/h7-13,17H,5-6,14-15H2,1-4H3,(H2,21,22,23);1H. The van der Waals surface area contributed by atoms with E-state index in [-0.39, 0.29) is 30.0 Å². The van der Waals surface area contributed by atoms with Crippen LogP contribution in [0.1, 0.15) is 31.2 Å². The fourth-order valence-electron chi connectivity index (χ4n) is 3.00. The maximum atomic E-state index is 5.65. The van der Waals surface area contributed by atoms with Crippen LogP contribution >= 0.6 is 24.0 Å². The number of ether oxygens (including phenoxy) is 1. The first-order chi connectivity index (χ1) is 12.7. The fourth-order valence-corrected chi connectivity index (χ4v) is 3.00. The Morgan fingerprint density at radius 3 is 2.48 bits per heavy atom. The molecule has 150 valence electrons. The molecule has 0 aliphatic rings. The number of rotatable bonds is 9. The largest absolute Gasteiger partial charge is 0.496 e. The molecule has 0 saturated heterocycles. The highest BCUT2D eigenvalue weighted by atomic mass is 127. The second-order valence-corrected chi connectivity index (χ2v) is 5.87. The summed E-state index contributed by atoms with van der Waals surface area (Å²) < 4.78 is 11.0. The molecule has 0 bridgehead atoms. The molecule has 0 spiro atoms. The summed E-state index contributed by atoms with van der Waals surface area (Å²) in [6.45, 7) is 7.58. The van der Waals surface area contributed by atoms with Crippen LogP contribution in [0.15, 0.2) is 52.1 Å². The second-order valence-electron chi connectivity index (χ2n) is 5.87. The zero-order chi connectivity index (χ0) is 18.8. The first-order valence-corrected chi connectivity index (χ1v) is 9.07. The van der Waals surface area contributed by atoms with Crippen LogP contribution in [0.3, 0.4) is 0 Å². The van der Waals surface area contributed by atoms with Gasteiger partial charge < -0.3 is 19.8 Å². The molecule has 2 aromatic rings. The lowest BCUT2D eigenvalue weighted by Gasteiger charge is -2.28. The van der Waals surface area contributed by atoms with Gasteiger partial charge in [-0.3, -0.25) is 9.89 Å². The molecule has 0 amide bonds. The Morgan fingerprint density at radius 1 is 1.15 bits per heavy atom. The topological polar surface area (TPSA) is 62.0 Å². The molecule has 0 saturated carbocycles. The molecule has 0 aliphatic heterocycles. The predicted molar refractivity (Wildman–Crippen MR) is 121 cm³/mol. The number of aliphatic imine (C=N–C) groups is 1. The van der Waals surface area contributed by atoms with E-state index >= 15 is 0 Å². The van der Waals surface area contributed by atoms with Crippen molar-refractivity contribution in [3.8, 4) is 5.75 Å². The summed E-state index contributed by atoms with van der Waals surface area (Å²) in [7, 11) is 3.46. The van der Waals surface area contributed by atoms with Crippen molar-refractivity contribution in [1.29, 1.82) is 0 Å². The number of para-hydroxylation sites is 1. The van der Waals surface area contributed by atoms with Gasteiger partial charge in [0.2, 0.25) is 0 Å². The molecule has 1 atom stereocenters. The summed E-state index contributed by atoms with van der Waals surface area (Å²) in [6, 6.07) is 12.1. The van der Waals surface area contributed by atoms with Crippen LogP contribution in [0.2, 0.25) is 0 Å². The van der Waals surface area contributed by atoms with Crippen LogP contribution in [-0.2, 0) is 6.54 Å². The number of guanidine groups is 1. The first-order valence-electron chi connectivity index (χ1n) is 9.07. The van der Waals surface area contributed by atoms with Gasteiger partial charge in [0.15, 0.2) is 5.96 Å². The van der Waals surface area contributed by atoms with Crippen LogP contribution in [0.4, 0.5) is 0 Å². The highest BCUT2D eigenvalue weighted by Gasteiger charge is 2.20. The number of nitrogens with zero attached hydrogens (tertiary/aromatic N) is 2. The molecule has 7 heteroatoms. The summed E-state index contributed by atoms with van der Waals surface area (Å²) >= 11 is 0. The fraction of sp³-hybridized carbons (Fsp3) is 0.450. The summed E-state index contributed by atoms with van der Waals surface area (Å²) in [6.07, 6.45) is 1.72. The van der Waals surface area contributed by atoms with Gasteiger partial charge in [-0.2, -0.15) is 0 Å². The number of furan rings is 1. The van der Waals surface area contributed by atoms with E-state index in [0.717, 1.165) is 36.1 Å². The van der Waals surface area contributed by atoms with Gasteiger partial charge >= 0.3 is 0 Å². The van der Waals surface area contributed by atoms with Crippen molar-refractivity contribution in [2.75, 3.05) is 33.8 Å². The Kier molecular flexibility index (Phi) is 10.9. The lowest BCUT2D eigenvalue weighted by molar-refractivity contribution is 0.193. The van der Waals surface area contributed by atoms with E-state index in [1.807, 2.05) is 36.4 Å². The lowest BCUT2D eigenvalue weighted by Crippen LogP contribution is -2.43. The van der Waals surface area contributed by atoms with E-state index in [4.69, 9.17) is 9.15 Å². The minimum absolute atomic E-state index is 0. The summed E-state index contributed by atoms with van der Waals surface area (Å²) in [5.41, 5.74) is 1.09. The molecule has 2 rings (SSSR count). The van der Waals surface area contributed by atoms with Gasteiger partial charge in [-0.1, -0.05) is 32.0 Å². The molecule has 1 heterocycles. The quantitative estimate of drug-likeness (QED) is 0.322. The summed E-state index contributed by atoms with van der Waals surface area (Å²) in [4.78, 5) is 6.69. The minimum atomic E-state index is 0. The number of nitrogens with one attached hydrogen (secondary N) is 2. The Balaban J connectivity index is 0.00000364. The van der Waals surface area contributed by atoms with Crippen molar-refractivity contribution in [2.24, 2.45) is 4.99 Å². The molecular weight excluding hydrogens is 455 g/mol. The zero-order valence-corrected chi connectivity index (χ0v) is 18.9. The maximum Gasteiger partial charge on any atom is 0.191 e. The van der Waals surface area contributed by atoms with E-state index in [2.05, 4.69) is 34.4 Å². The molecular formula is C20H31IN4O2. The van der Waals surface area contributed by atoms with Crippen molar-refractivity contribution < 1.29 is 9.15 Å². The van der Waals surface area contributed by atoms with Crippen LogP contribution < -0.4 is 15.4 Å². The Morgan fingerprint density at radius 2 is 1.89 bits per heavy atom. The van der Waals surface area contributed by atoms with Gasteiger partial charge in [0.05, 0.1) is 19.4 Å². The molecule has 1 aromatic heterocycles. The molecule has 1 aromatic carbocycles. The molecule has 0 aliphatic carbocycles. The Hall–Kier alpha value is -1.74. The van der Waals surface area contributed by atoms with Crippen LogP contribution in [0.25, 0.3) is 0 Å². The van der Waals surface area contributed by atoms with Gasteiger partial charge in [0.25, 0.3) is 0 Å². The van der Waals surface area contributed by atoms with Gasteiger partial charge in [-0.15, -0.1) is 24.0 Å². The average molecular weight is 486 g/mol. The van der Waals surface area contributed by atoms with Crippen molar-refractivity contribution >= 4 is 29.9 Å². The number of hydrogen-bond acceptors (Lipinski definition) is 4. The number of halogens is 1. The van der Waals surface area contributed by atoms with E-state index in [1.165, 1.54) is 0 Å². The van der Waals surface area contributed by atoms with E-state index in [0.29, 0.717) is 13.1 Å². The number of hydrogen-bond donors (Lipinski definition) is 2. The highest BCUT2D eigenvalue weighted by Crippen LogP contribution is 2.20.